The highest BCUT2D eigenvalue weighted by Crippen LogP contribution is 2.28. The highest BCUT2D eigenvalue weighted by atomic mass is 35.5. The van der Waals surface area contributed by atoms with Crippen LogP contribution in [-0.4, -0.2) is 33.0 Å². The fourth-order valence-electron chi connectivity index (χ4n) is 2.84. The summed E-state index contributed by atoms with van der Waals surface area (Å²) in [6.45, 7) is 0. The SMILES string of the molecule is CON(C)S(=O)(=O)c1cc(C(=O)Oc2ccc3c(c2)CCC3)ccc1Cl. The molecule has 0 spiro atoms. The molecule has 0 N–H and O–H groups in total. The van der Waals surface area contributed by atoms with Gasteiger partial charge in [0.2, 0.25) is 0 Å². The summed E-state index contributed by atoms with van der Waals surface area (Å²) in [5, 5.41) is -0.0111. The second kappa shape index (κ2) is 7.36. The van der Waals surface area contributed by atoms with Crippen LogP contribution >= 0.6 is 11.6 Å². The molecule has 3 rings (SSSR count). The number of esters is 1. The summed E-state index contributed by atoms with van der Waals surface area (Å²) >= 11 is 6.00. The number of fused-ring (bicyclic) bond motifs is 1. The van der Waals surface area contributed by atoms with E-state index in [0.29, 0.717) is 10.2 Å². The Hall–Kier alpha value is -1.93. The number of ether oxygens (including phenoxy) is 1. The predicted octanol–water partition coefficient (Wildman–Crippen LogP) is 3.23. The number of hydrogen-bond donors (Lipinski definition) is 0. The van der Waals surface area contributed by atoms with E-state index < -0.39 is 16.0 Å². The lowest BCUT2D eigenvalue weighted by molar-refractivity contribution is -0.0258. The number of halogens is 1. The van der Waals surface area contributed by atoms with Crippen molar-refractivity contribution in [2.45, 2.75) is 24.2 Å². The van der Waals surface area contributed by atoms with Gasteiger partial charge in [-0.1, -0.05) is 22.1 Å². The summed E-state index contributed by atoms with van der Waals surface area (Å²) < 4.78 is 30.9. The van der Waals surface area contributed by atoms with Gasteiger partial charge in [0.15, 0.2) is 0 Å². The Kier molecular flexibility index (Phi) is 5.34. The second-order valence-corrected chi connectivity index (χ2v) is 8.23. The zero-order chi connectivity index (χ0) is 18.9. The minimum Gasteiger partial charge on any atom is -0.423 e. The maximum Gasteiger partial charge on any atom is 0.343 e. The van der Waals surface area contributed by atoms with Gasteiger partial charge in [0.1, 0.15) is 10.6 Å². The van der Waals surface area contributed by atoms with Gasteiger partial charge >= 0.3 is 5.97 Å². The maximum atomic E-state index is 12.4. The van der Waals surface area contributed by atoms with E-state index in [9.17, 15) is 13.2 Å². The third-order valence-corrected chi connectivity index (χ3v) is 6.48. The summed E-state index contributed by atoms with van der Waals surface area (Å²) in [6, 6.07) is 9.50. The normalized spacial score (nSPS) is 13.7. The van der Waals surface area contributed by atoms with Gasteiger partial charge in [-0.05, 0) is 60.7 Å². The van der Waals surface area contributed by atoms with Crippen molar-refractivity contribution in [2.24, 2.45) is 0 Å². The number of hydroxylamine groups is 1. The van der Waals surface area contributed by atoms with E-state index in [1.54, 1.807) is 6.07 Å². The smallest absolute Gasteiger partial charge is 0.343 e. The van der Waals surface area contributed by atoms with Crippen molar-refractivity contribution < 1.29 is 22.8 Å². The van der Waals surface area contributed by atoms with Crippen molar-refractivity contribution in [2.75, 3.05) is 14.2 Å². The molecule has 0 heterocycles. The molecule has 138 valence electrons. The van der Waals surface area contributed by atoms with Crippen LogP contribution in [0.2, 0.25) is 5.02 Å². The lowest BCUT2D eigenvalue weighted by atomic mass is 10.1. The third-order valence-electron chi connectivity index (χ3n) is 4.32. The van der Waals surface area contributed by atoms with Crippen molar-refractivity contribution in [1.29, 1.82) is 0 Å². The fraction of sp³-hybridized carbons (Fsp3) is 0.278. The average Bonchev–Trinajstić information content (AvgIpc) is 3.08. The van der Waals surface area contributed by atoms with E-state index in [-0.39, 0.29) is 15.5 Å². The van der Waals surface area contributed by atoms with Crippen LogP contribution in [0.1, 0.15) is 27.9 Å². The Morgan fingerprint density at radius 2 is 1.85 bits per heavy atom. The molecule has 0 aliphatic heterocycles. The van der Waals surface area contributed by atoms with Crippen LogP contribution in [0.25, 0.3) is 0 Å². The largest absolute Gasteiger partial charge is 0.423 e. The third kappa shape index (κ3) is 3.61. The molecule has 0 amide bonds. The number of carbonyl (C=O) groups excluding carboxylic acids is 1. The molecule has 6 nitrogen and oxygen atoms in total. The molecule has 0 aromatic heterocycles. The number of rotatable bonds is 5. The number of benzene rings is 2. The Morgan fingerprint density at radius 3 is 2.58 bits per heavy atom. The number of nitrogens with zero attached hydrogens (tertiary/aromatic N) is 1. The molecule has 0 saturated heterocycles. The number of carbonyl (C=O) groups is 1. The Bertz CT molecular complexity index is 958. The predicted molar refractivity (Wildman–Crippen MR) is 96.8 cm³/mol. The van der Waals surface area contributed by atoms with Crippen LogP contribution in [0.3, 0.4) is 0 Å². The fourth-order valence-corrected chi connectivity index (χ4v) is 4.32. The maximum absolute atomic E-state index is 12.4. The lowest BCUT2D eigenvalue weighted by Crippen LogP contribution is -2.26. The first-order chi connectivity index (χ1) is 12.3. The summed E-state index contributed by atoms with van der Waals surface area (Å²) in [5.41, 5.74) is 2.53. The molecule has 0 unspecified atom stereocenters. The van der Waals surface area contributed by atoms with E-state index in [0.717, 1.165) is 19.3 Å². The molecule has 2 aromatic rings. The van der Waals surface area contributed by atoms with Gasteiger partial charge in [0.05, 0.1) is 17.7 Å². The quantitative estimate of drug-likeness (QED) is 0.441. The van der Waals surface area contributed by atoms with E-state index in [1.807, 2.05) is 12.1 Å². The van der Waals surface area contributed by atoms with Crippen molar-refractivity contribution in [3.63, 3.8) is 0 Å². The second-order valence-electron chi connectivity index (χ2n) is 5.92. The van der Waals surface area contributed by atoms with E-state index >= 15 is 0 Å². The molecular weight excluding hydrogens is 378 g/mol. The van der Waals surface area contributed by atoms with Gasteiger partial charge in [-0.3, -0.25) is 4.84 Å². The molecule has 2 aromatic carbocycles. The lowest BCUT2D eigenvalue weighted by Gasteiger charge is -2.15. The Labute approximate surface area is 157 Å². The first-order valence-electron chi connectivity index (χ1n) is 7.99. The Balaban J connectivity index is 1.87. The van der Waals surface area contributed by atoms with Crippen LogP contribution < -0.4 is 4.74 Å². The van der Waals surface area contributed by atoms with Gasteiger partial charge < -0.3 is 4.74 Å². The summed E-state index contributed by atoms with van der Waals surface area (Å²) in [6.07, 6.45) is 3.10. The highest BCUT2D eigenvalue weighted by molar-refractivity contribution is 7.89. The van der Waals surface area contributed by atoms with E-state index in [1.165, 1.54) is 43.5 Å². The molecular formula is C18H18ClNO5S. The molecule has 0 atom stereocenters. The summed E-state index contributed by atoms with van der Waals surface area (Å²) in [7, 11) is -1.53. The molecule has 0 bridgehead atoms. The zero-order valence-corrected chi connectivity index (χ0v) is 15.9. The zero-order valence-electron chi connectivity index (χ0n) is 14.4. The van der Waals surface area contributed by atoms with Gasteiger partial charge in [-0.25, -0.2) is 13.2 Å². The molecule has 1 aliphatic rings. The molecule has 8 heteroatoms. The average molecular weight is 396 g/mol. The van der Waals surface area contributed by atoms with Crippen LogP contribution in [0.4, 0.5) is 0 Å². The molecule has 0 saturated carbocycles. The van der Waals surface area contributed by atoms with E-state index in [2.05, 4.69) is 0 Å². The standard InChI is InChI=1S/C18H18ClNO5S/c1-20(24-2)26(22,23)17-11-14(7-9-16(17)19)18(21)25-15-8-6-12-4-3-5-13(12)10-15/h6-11H,3-5H2,1-2H3. The van der Waals surface area contributed by atoms with Crippen molar-refractivity contribution in [3.8, 4) is 5.75 Å². The molecule has 0 fully saturated rings. The van der Waals surface area contributed by atoms with Gasteiger partial charge in [-0.15, -0.1) is 0 Å². The van der Waals surface area contributed by atoms with Gasteiger partial charge in [-0.2, -0.15) is 0 Å². The van der Waals surface area contributed by atoms with Crippen LogP contribution in [0.5, 0.6) is 5.75 Å². The van der Waals surface area contributed by atoms with Gasteiger partial charge in [0.25, 0.3) is 10.0 Å². The van der Waals surface area contributed by atoms with Crippen molar-refractivity contribution in [3.05, 3.63) is 58.1 Å². The van der Waals surface area contributed by atoms with Crippen molar-refractivity contribution >= 4 is 27.6 Å². The highest BCUT2D eigenvalue weighted by Gasteiger charge is 2.25. The first kappa shape index (κ1) is 18.8. The van der Waals surface area contributed by atoms with Crippen molar-refractivity contribution in [1.82, 2.24) is 4.47 Å². The monoisotopic (exact) mass is 395 g/mol. The summed E-state index contributed by atoms with van der Waals surface area (Å²) in [4.78, 5) is 16.9. The molecule has 0 radical (unpaired) electrons. The summed E-state index contributed by atoms with van der Waals surface area (Å²) in [5.74, 6) is -0.222. The number of aryl methyl sites for hydroxylation is 2. The molecule has 1 aliphatic carbocycles. The van der Waals surface area contributed by atoms with Gasteiger partial charge in [0, 0.05) is 7.05 Å². The van der Waals surface area contributed by atoms with Crippen LogP contribution in [-0.2, 0) is 27.7 Å². The minimum atomic E-state index is -3.99. The van der Waals surface area contributed by atoms with E-state index in [4.69, 9.17) is 21.2 Å². The number of hydrogen-bond acceptors (Lipinski definition) is 5. The topological polar surface area (TPSA) is 72.9 Å². The van der Waals surface area contributed by atoms with Crippen LogP contribution in [0.15, 0.2) is 41.3 Å². The first-order valence-corrected chi connectivity index (χ1v) is 9.81. The molecule has 26 heavy (non-hydrogen) atoms. The van der Waals surface area contributed by atoms with Crippen LogP contribution in [0, 0.1) is 0 Å². The minimum absolute atomic E-state index is 0.0111. The number of sulfonamides is 1. The Morgan fingerprint density at radius 1 is 1.12 bits per heavy atom.